The first kappa shape index (κ1) is 19.3. The van der Waals surface area contributed by atoms with Gasteiger partial charge in [0.1, 0.15) is 25.2 Å². The van der Waals surface area contributed by atoms with E-state index >= 15 is 0 Å². The van der Waals surface area contributed by atoms with Crippen LogP contribution in [0.15, 0.2) is 66.6 Å². The van der Waals surface area contributed by atoms with E-state index in [9.17, 15) is 9.59 Å². The van der Waals surface area contributed by atoms with Gasteiger partial charge >= 0.3 is 5.97 Å². The molecule has 0 aromatic heterocycles. The molecule has 1 heterocycles. The Labute approximate surface area is 162 Å². The number of hydrogen-bond acceptors (Lipinski definition) is 6. The summed E-state index contributed by atoms with van der Waals surface area (Å²) in [6.45, 7) is 2.90. The molecule has 1 N–H and O–H groups in total. The van der Waals surface area contributed by atoms with E-state index in [2.05, 4.69) is 5.32 Å². The molecule has 0 aliphatic carbocycles. The molecule has 28 heavy (non-hydrogen) atoms. The summed E-state index contributed by atoms with van der Waals surface area (Å²) in [5.74, 6) is -0.830. The van der Waals surface area contributed by atoms with Gasteiger partial charge in [0.2, 0.25) is 11.9 Å². The van der Waals surface area contributed by atoms with Crippen molar-refractivity contribution in [2.24, 2.45) is 0 Å². The van der Waals surface area contributed by atoms with Crippen LogP contribution >= 0.6 is 0 Å². The van der Waals surface area contributed by atoms with Gasteiger partial charge in [-0.25, -0.2) is 4.79 Å². The fourth-order valence-corrected chi connectivity index (χ4v) is 2.59. The molecule has 1 atom stereocenters. The van der Waals surface area contributed by atoms with Crippen molar-refractivity contribution in [2.45, 2.75) is 13.0 Å². The average Bonchev–Trinajstić information content (AvgIpc) is 2.74. The third-order valence-electron chi connectivity index (χ3n) is 3.86. The van der Waals surface area contributed by atoms with Gasteiger partial charge in [-0.2, -0.15) is 0 Å². The van der Waals surface area contributed by atoms with Crippen LogP contribution in [-0.4, -0.2) is 31.7 Å². The van der Waals surface area contributed by atoms with E-state index in [1.807, 2.05) is 19.1 Å². The average molecular weight is 383 g/mol. The number of hydrogen-bond donors (Lipinski definition) is 1. The summed E-state index contributed by atoms with van der Waals surface area (Å²) < 4.78 is 21.3. The van der Waals surface area contributed by atoms with Crippen LogP contribution in [0.2, 0.25) is 0 Å². The first-order chi connectivity index (χ1) is 13.7. The van der Waals surface area contributed by atoms with Crippen LogP contribution in [0.3, 0.4) is 0 Å². The van der Waals surface area contributed by atoms with Gasteiger partial charge in [0.25, 0.3) is 5.91 Å². The van der Waals surface area contributed by atoms with Crippen LogP contribution in [0.4, 0.5) is 5.69 Å². The minimum absolute atomic E-state index is 0.0744. The highest BCUT2D eigenvalue weighted by Crippen LogP contribution is 2.27. The molecule has 7 nitrogen and oxygen atoms in total. The van der Waals surface area contributed by atoms with Gasteiger partial charge in [-0.3, -0.25) is 4.79 Å². The number of nitrogens with one attached hydrogen (secondary N) is 1. The normalized spacial score (nSPS) is 14.0. The largest absolute Gasteiger partial charge is 0.493 e. The lowest BCUT2D eigenvalue weighted by Crippen LogP contribution is -2.28. The highest BCUT2D eigenvalue weighted by Gasteiger charge is 2.28. The molecular weight excluding hydrogens is 362 g/mol. The van der Waals surface area contributed by atoms with Crippen LogP contribution < -0.4 is 10.1 Å². The second-order valence-electron chi connectivity index (χ2n) is 5.82. The standard InChI is InChI=1S/C21H21NO6/c1-2-26-17-11-7-6-10-16(17)22-20(23)19(15-8-4-3-5-9-15)28-21(24)18-14-25-12-13-27-18/h3-11,14,19H,2,12-13H2,1H3,(H,22,23). The number of rotatable bonds is 7. The molecular formula is C21H21NO6. The van der Waals surface area contributed by atoms with E-state index in [0.29, 0.717) is 30.2 Å². The molecule has 1 aliphatic rings. The molecule has 0 spiro atoms. The van der Waals surface area contributed by atoms with Crippen LogP contribution in [0.1, 0.15) is 18.6 Å². The van der Waals surface area contributed by atoms with E-state index in [1.165, 1.54) is 6.26 Å². The fraction of sp³-hybridized carbons (Fsp3) is 0.238. The fourth-order valence-electron chi connectivity index (χ4n) is 2.59. The molecule has 1 unspecified atom stereocenters. The van der Waals surface area contributed by atoms with Crippen molar-refractivity contribution in [3.63, 3.8) is 0 Å². The molecule has 3 rings (SSSR count). The van der Waals surface area contributed by atoms with Crippen molar-refractivity contribution in [1.82, 2.24) is 0 Å². The lowest BCUT2D eigenvalue weighted by molar-refractivity contribution is -0.155. The van der Waals surface area contributed by atoms with Crippen LogP contribution in [0.5, 0.6) is 5.75 Å². The predicted octanol–water partition coefficient (Wildman–Crippen LogP) is 3.20. The number of ether oxygens (including phenoxy) is 4. The monoisotopic (exact) mass is 383 g/mol. The third-order valence-corrected chi connectivity index (χ3v) is 3.86. The smallest absolute Gasteiger partial charge is 0.378 e. The van der Waals surface area contributed by atoms with Gasteiger partial charge in [0.05, 0.1) is 12.3 Å². The Morgan fingerprint density at radius 3 is 2.54 bits per heavy atom. The molecule has 2 aromatic carbocycles. The zero-order valence-electron chi connectivity index (χ0n) is 15.4. The Kier molecular flexibility index (Phi) is 6.51. The van der Waals surface area contributed by atoms with E-state index in [4.69, 9.17) is 18.9 Å². The second kappa shape index (κ2) is 9.45. The highest BCUT2D eigenvalue weighted by molar-refractivity contribution is 5.98. The third kappa shape index (κ3) is 4.82. The van der Waals surface area contributed by atoms with Crippen molar-refractivity contribution in [1.29, 1.82) is 0 Å². The van der Waals surface area contributed by atoms with Crippen molar-refractivity contribution in [3.05, 3.63) is 72.2 Å². The van der Waals surface area contributed by atoms with Crippen LogP contribution in [0.25, 0.3) is 0 Å². The molecule has 0 bridgehead atoms. The van der Waals surface area contributed by atoms with E-state index < -0.39 is 18.0 Å². The van der Waals surface area contributed by atoms with E-state index in [0.717, 1.165) is 0 Å². The van der Waals surface area contributed by atoms with Crippen LogP contribution in [-0.2, 0) is 23.8 Å². The SMILES string of the molecule is CCOc1ccccc1NC(=O)C(OC(=O)C1=COCCO1)c1ccccc1. The van der Waals surface area contributed by atoms with Gasteiger partial charge in [0.15, 0.2) is 0 Å². The second-order valence-corrected chi connectivity index (χ2v) is 5.82. The predicted molar refractivity (Wildman–Crippen MR) is 102 cm³/mol. The van der Waals surface area contributed by atoms with Gasteiger partial charge in [-0.05, 0) is 19.1 Å². The highest BCUT2D eigenvalue weighted by atomic mass is 16.6. The van der Waals surface area contributed by atoms with Gasteiger partial charge in [-0.1, -0.05) is 42.5 Å². The number of benzene rings is 2. The number of esters is 1. The summed E-state index contributed by atoms with van der Waals surface area (Å²) in [7, 11) is 0. The molecule has 0 radical (unpaired) electrons. The quantitative estimate of drug-likeness (QED) is 0.740. The Morgan fingerprint density at radius 1 is 1.07 bits per heavy atom. The van der Waals surface area contributed by atoms with Gasteiger partial charge in [-0.15, -0.1) is 0 Å². The first-order valence-electron chi connectivity index (χ1n) is 8.92. The van der Waals surface area contributed by atoms with Crippen molar-refractivity contribution >= 4 is 17.6 Å². The zero-order chi connectivity index (χ0) is 19.8. The van der Waals surface area contributed by atoms with Crippen molar-refractivity contribution in [3.8, 4) is 5.75 Å². The summed E-state index contributed by atoms with van der Waals surface area (Å²) >= 11 is 0. The Morgan fingerprint density at radius 2 is 1.82 bits per heavy atom. The number of para-hydroxylation sites is 2. The molecule has 0 saturated carbocycles. The molecule has 1 aliphatic heterocycles. The van der Waals surface area contributed by atoms with Crippen molar-refractivity contribution in [2.75, 3.05) is 25.1 Å². The summed E-state index contributed by atoms with van der Waals surface area (Å²) in [5, 5.41) is 2.77. The number of carbonyl (C=O) groups is 2. The first-order valence-corrected chi connectivity index (χ1v) is 8.92. The summed E-state index contributed by atoms with van der Waals surface area (Å²) in [6.07, 6.45) is 0.0192. The maximum atomic E-state index is 13.0. The van der Waals surface area contributed by atoms with Gasteiger partial charge in [0, 0.05) is 5.56 Å². The molecule has 146 valence electrons. The maximum absolute atomic E-state index is 13.0. The molecule has 0 fully saturated rings. The molecule has 1 amide bonds. The van der Waals surface area contributed by atoms with E-state index in [-0.39, 0.29) is 12.4 Å². The number of carbonyl (C=O) groups excluding carboxylic acids is 2. The Balaban J connectivity index is 1.82. The minimum atomic E-state index is -1.17. The summed E-state index contributed by atoms with van der Waals surface area (Å²) in [5.41, 5.74) is 1.02. The number of amides is 1. The van der Waals surface area contributed by atoms with Gasteiger partial charge < -0.3 is 24.3 Å². The lowest BCUT2D eigenvalue weighted by atomic mass is 10.1. The number of anilines is 1. The van der Waals surface area contributed by atoms with Crippen molar-refractivity contribution < 1.29 is 28.5 Å². The van der Waals surface area contributed by atoms with Crippen LogP contribution in [0, 0.1) is 0 Å². The summed E-state index contributed by atoms with van der Waals surface area (Å²) in [6, 6.07) is 15.8. The molecule has 0 saturated heterocycles. The molecule has 2 aromatic rings. The van der Waals surface area contributed by atoms with E-state index in [1.54, 1.807) is 42.5 Å². The molecule has 7 heteroatoms. The topological polar surface area (TPSA) is 83.1 Å². The summed E-state index contributed by atoms with van der Waals surface area (Å²) in [4.78, 5) is 25.4. The Bertz CT molecular complexity index is 849. The Hall–Kier alpha value is -3.48. The maximum Gasteiger partial charge on any atom is 0.378 e. The zero-order valence-corrected chi connectivity index (χ0v) is 15.4. The lowest BCUT2D eigenvalue weighted by Gasteiger charge is -2.21. The minimum Gasteiger partial charge on any atom is -0.493 e.